The molecule has 15 heavy (non-hydrogen) atoms. The molecule has 0 saturated heterocycles. The summed E-state index contributed by atoms with van der Waals surface area (Å²) in [5.74, 6) is -0.303. The van der Waals surface area contributed by atoms with Crippen LogP contribution >= 0.6 is 0 Å². The van der Waals surface area contributed by atoms with Crippen molar-refractivity contribution < 1.29 is 4.79 Å². The molecular weight excluding hydrogens is 188 g/mol. The Labute approximate surface area is 89.3 Å². The van der Waals surface area contributed by atoms with Gasteiger partial charge in [-0.05, 0) is 18.2 Å². The minimum absolute atomic E-state index is 0.303. The average Bonchev–Trinajstić information content (AvgIpc) is 2.60. The van der Waals surface area contributed by atoms with E-state index in [-0.39, 0.29) is 5.91 Å². The molecule has 0 spiro atoms. The van der Waals surface area contributed by atoms with Gasteiger partial charge in [0.05, 0.1) is 11.0 Å². The fraction of sp³-hybridized carbons (Fsp3) is 0.111. The van der Waals surface area contributed by atoms with Gasteiger partial charge in [-0.15, -0.1) is 0 Å². The SMILES string of the molecule is [B][B]NC(=O)c1ccc2c(ccn2C)n1. The summed E-state index contributed by atoms with van der Waals surface area (Å²) < 4.78 is 1.94. The van der Waals surface area contributed by atoms with Crippen LogP contribution in [0.25, 0.3) is 11.0 Å². The predicted molar refractivity (Wildman–Crippen MR) is 59.7 cm³/mol. The average molecular weight is 196 g/mol. The third-order valence-electron chi connectivity index (χ3n) is 2.19. The quantitative estimate of drug-likeness (QED) is 0.687. The maximum absolute atomic E-state index is 11.4. The second-order valence-corrected chi connectivity index (χ2v) is 3.17. The van der Waals surface area contributed by atoms with Crippen LogP contribution in [0.1, 0.15) is 10.5 Å². The van der Waals surface area contributed by atoms with Crippen LogP contribution < -0.4 is 5.23 Å². The summed E-state index contributed by atoms with van der Waals surface area (Å²) in [5.41, 5.74) is 2.14. The Morgan fingerprint density at radius 3 is 3.07 bits per heavy atom. The number of aryl methyl sites for hydroxylation is 1. The first-order valence-corrected chi connectivity index (χ1v) is 4.49. The highest BCUT2D eigenvalue weighted by molar-refractivity contribution is 6.89. The van der Waals surface area contributed by atoms with Gasteiger partial charge in [-0.3, -0.25) is 4.79 Å². The van der Waals surface area contributed by atoms with Crippen LogP contribution in [0.15, 0.2) is 24.4 Å². The Morgan fingerprint density at radius 1 is 1.53 bits per heavy atom. The zero-order chi connectivity index (χ0) is 10.8. The fourth-order valence-electron chi connectivity index (χ4n) is 1.43. The zero-order valence-electron chi connectivity index (χ0n) is 8.27. The maximum Gasteiger partial charge on any atom is 0.257 e. The van der Waals surface area contributed by atoms with Gasteiger partial charge in [-0.1, -0.05) is 0 Å². The van der Waals surface area contributed by atoms with Crippen LogP contribution in [-0.4, -0.2) is 30.5 Å². The highest BCUT2D eigenvalue weighted by atomic mass is 16.1. The van der Waals surface area contributed by atoms with E-state index >= 15 is 0 Å². The minimum atomic E-state index is -0.303. The van der Waals surface area contributed by atoms with Crippen LogP contribution in [0.3, 0.4) is 0 Å². The lowest BCUT2D eigenvalue weighted by molar-refractivity contribution is 0.0976. The van der Waals surface area contributed by atoms with Crippen LogP contribution in [0.5, 0.6) is 0 Å². The molecule has 2 rings (SSSR count). The minimum Gasteiger partial charge on any atom is -0.407 e. The largest absolute Gasteiger partial charge is 0.407 e. The first-order chi connectivity index (χ1) is 7.22. The van der Waals surface area contributed by atoms with Crippen molar-refractivity contribution in [3.63, 3.8) is 0 Å². The monoisotopic (exact) mass is 196 g/mol. The maximum atomic E-state index is 11.4. The van der Waals surface area contributed by atoms with E-state index in [9.17, 15) is 4.79 Å². The van der Waals surface area contributed by atoms with Gasteiger partial charge in [0.2, 0.25) is 0 Å². The smallest absolute Gasteiger partial charge is 0.257 e. The Bertz CT molecular complexity index is 509. The van der Waals surface area contributed by atoms with Gasteiger partial charge in [0.25, 0.3) is 5.91 Å². The summed E-state index contributed by atoms with van der Waals surface area (Å²) in [5, 5.41) is 2.38. The Morgan fingerprint density at radius 2 is 2.33 bits per heavy atom. The molecule has 0 fully saturated rings. The second kappa shape index (κ2) is 3.81. The second-order valence-electron chi connectivity index (χ2n) is 3.17. The highest BCUT2D eigenvalue weighted by Crippen LogP contribution is 2.12. The van der Waals surface area contributed by atoms with Crippen LogP contribution in [0.4, 0.5) is 0 Å². The van der Waals surface area contributed by atoms with E-state index in [2.05, 4.69) is 10.2 Å². The summed E-state index contributed by atoms with van der Waals surface area (Å²) in [4.78, 5) is 15.6. The number of aromatic nitrogens is 2. The van der Waals surface area contributed by atoms with Gasteiger partial charge in [0.15, 0.2) is 7.31 Å². The normalized spacial score (nSPS) is 10.2. The van der Waals surface area contributed by atoms with E-state index in [1.165, 1.54) is 0 Å². The lowest BCUT2D eigenvalue weighted by Gasteiger charge is -2.01. The molecule has 0 bridgehead atoms. The third-order valence-corrected chi connectivity index (χ3v) is 2.19. The number of carbonyl (C=O) groups excluding carboxylic acids is 1. The number of hydrogen-bond donors (Lipinski definition) is 1. The Balaban J connectivity index is 2.43. The number of carbonyl (C=O) groups is 1. The van der Waals surface area contributed by atoms with Crippen molar-refractivity contribution >= 4 is 32.0 Å². The standard InChI is InChI=1S/C9H8B2N3O/c1-14-5-4-6-8(14)3-2-7(12-6)9(15)13-11-10/h2-5H,1H3,(H,13,15). The summed E-state index contributed by atoms with van der Waals surface area (Å²) in [6.07, 6.45) is 1.90. The van der Waals surface area contributed by atoms with Crippen molar-refractivity contribution in [2.24, 2.45) is 7.05 Å². The molecule has 0 aliphatic heterocycles. The molecule has 6 heteroatoms. The number of fused-ring (bicyclic) bond motifs is 1. The highest BCUT2D eigenvalue weighted by Gasteiger charge is 2.07. The van der Waals surface area contributed by atoms with E-state index < -0.39 is 0 Å². The topological polar surface area (TPSA) is 46.9 Å². The van der Waals surface area contributed by atoms with E-state index in [1.54, 1.807) is 6.07 Å². The van der Waals surface area contributed by atoms with Gasteiger partial charge in [0, 0.05) is 21.0 Å². The fourth-order valence-corrected chi connectivity index (χ4v) is 1.43. The van der Waals surface area contributed by atoms with Gasteiger partial charge in [0.1, 0.15) is 5.69 Å². The van der Waals surface area contributed by atoms with E-state index in [0.717, 1.165) is 18.3 Å². The molecule has 2 heterocycles. The van der Waals surface area contributed by atoms with E-state index in [0.29, 0.717) is 5.69 Å². The molecule has 0 unspecified atom stereocenters. The third kappa shape index (κ3) is 1.75. The molecule has 0 aliphatic rings. The van der Waals surface area contributed by atoms with Crippen LogP contribution in [-0.2, 0) is 7.05 Å². The number of nitrogens with one attached hydrogen (secondary N) is 1. The molecule has 2 aromatic rings. The van der Waals surface area contributed by atoms with Gasteiger partial charge in [-0.2, -0.15) is 0 Å². The number of nitrogens with zero attached hydrogens (tertiary/aromatic N) is 2. The lowest BCUT2D eigenvalue weighted by atomic mass is 9.67. The van der Waals surface area contributed by atoms with Crippen molar-refractivity contribution in [2.45, 2.75) is 0 Å². The van der Waals surface area contributed by atoms with Crippen molar-refractivity contribution in [1.29, 1.82) is 0 Å². The Hall–Kier alpha value is -1.71. The zero-order valence-corrected chi connectivity index (χ0v) is 8.27. The molecular formula is C9H8B2N3O. The van der Waals surface area contributed by atoms with Gasteiger partial charge in [-0.25, -0.2) is 4.98 Å². The van der Waals surface area contributed by atoms with Crippen LogP contribution in [0.2, 0.25) is 0 Å². The lowest BCUT2D eigenvalue weighted by Crippen LogP contribution is -2.28. The van der Waals surface area contributed by atoms with E-state index in [4.69, 9.17) is 7.74 Å². The molecule has 3 radical (unpaired) electrons. The van der Waals surface area contributed by atoms with Crippen molar-refractivity contribution in [3.8, 4) is 0 Å². The Kier molecular flexibility index (Phi) is 2.49. The van der Waals surface area contributed by atoms with Crippen LogP contribution in [0, 0.1) is 0 Å². The first kappa shape index (κ1) is 9.83. The number of hydrogen-bond acceptors (Lipinski definition) is 2. The van der Waals surface area contributed by atoms with Gasteiger partial charge >= 0.3 is 0 Å². The predicted octanol–water partition coefficient (Wildman–Crippen LogP) is 0.00580. The van der Waals surface area contributed by atoms with Gasteiger partial charge < -0.3 is 9.79 Å². The van der Waals surface area contributed by atoms with Crippen molar-refractivity contribution in [2.75, 3.05) is 0 Å². The molecule has 71 valence electrons. The number of amides is 1. The molecule has 0 aromatic carbocycles. The molecule has 1 amide bonds. The van der Waals surface area contributed by atoms with Crippen molar-refractivity contribution in [3.05, 3.63) is 30.1 Å². The summed E-state index contributed by atoms with van der Waals surface area (Å²) >= 11 is 0. The number of rotatable bonds is 2. The molecule has 4 nitrogen and oxygen atoms in total. The van der Waals surface area contributed by atoms with E-state index in [1.807, 2.05) is 29.9 Å². The summed E-state index contributed by atoms with van der Waals surface area (Å²) in [7, 11) is 8.12. The molecule has 0 aliphatic carbocycles. The molecule has 0 atom stereocenters. The van der Waals surface area contributed by atoms with Crippen molar-refractivity contribution in [1.82, 2.24) is 14.8 Å². The molecule has 2 aromatic heterocycles. The molecule has 0 saturated carbocycles. The first-order valence-electron chi connectivity index (χ1n) is 4.49. The summed E-state index contributed by atoms with van der Waals surface area (Å²) in [6.45, 7) is 0. The number of pyridine rings is 1. The molecule has 1 N–H and O–H groups in total. The summed E-state index contributed by atoms with van der Waals surface area (Å²) in [6, 6.07) is 5.38.